The summed E-state index contributed by atoms with van der Waals surface area (Å²) >= 11 is 0. The van der Waals surface area contributed by atoms with E-state index in [0.29, 0.717) is 12.3 Å². The Morgan fingerprint density at radius 1 is 1.32 bits per heavy atom. The van der Waals surface area contributed by atoms with Crippen LogP contribution in [0.2, 0.25) is 0 Å². The van der Waals surface area contributed by atoms with E-state index in [1.54, 1.807) is 17.1 Å². The number of nitrogens with one attached hydrogen (secondary N) is 1. The predicted octanol–water partition coefficient (Wildman–Crippen LogP) is 2.20. The van der Waals surface area contributed by atoms with Gasteiger partial charge in [0.1, 0.15) is 12.3 Å². The van der Waals surface area contributed by atoms with Gasteiger partial charge in [-0.3, -0.25) is 9.48 Å². The van der Waals surface area contributed by atoms with Gasteiger partial charge in [-0.25, -0.2) is 0 Å². The molecule has 0 aliphatic carbocycles. The average Bonchev–Trinajstić information content (AvgIpc) is 2.85. The van der Waals surface area contributed by atoms with Crippen LogP contribution in [0.3, 0.4) is 0 Å². The van der Waals surface area contributed by atoms with Crippen LogP contribution in [0.1, 0.15) is 13.3 Å². The molecule has 0 aliphatic rings. The normalized spacial score (nSPS) is 10.2. The number of rotatable bonds is 6. The topological polar surface area (TPSA) is 56.2 Å². The zero-order chi connectivity index (χ0) is 13.5. The summed E-state index contributed by atoms with van der Waals surface area (Å²) in [4.78, 5) is 11.5. The fourth-order valence-corrected chi connectivity index (χ4v) is 1.58. The molecule has 2 aromatic rings. The van der Waals surface area contributed by atoms with Crippen molar-refractivity contribution < 1.29 is 9.53 Å². The SMILES string of the molecule is CCCNC(=O)Cn1cc(Oc2ccccc2)cn1. The van der Waals surface area contributed by atoms with Crippen LogP contribution in [0.25, 0.3) is 0 Å². The summed E-state index contributed by atoms with van der Waals surface area (Å²) in [5, 5.41) is 6.89. The second-order valence-electron chi connectivity index (χ2n) is 4.14. The minimum absolute atomic E-state index is 0.0452. The quantitative estimate of drug-likeness (QED) is 0.865. The van der Waals surface area contributed by atoms with Gasteiger partial charge in [-0.05, 0) is 18.6 Å². The van der Waals surface area contributed by atoms with Crippen molar-refractivity contribution in [3.63, 3.8) is 0 Å². The number of carbonyl (C=O) groups excluding carboxylic acids is 1. The summed E-state index contributed by atoms with van der Waals surface area (Å²) in [5.74, 6) is 1.32. The summed E-state index contributed by atoms with van der Waals surface area (Å²) in [7, 11) is 0. The smallest absolute Gasteiger partial charge is 0.241 e. The van der Waals surface area contributed by atoms with E-state index in [-0.39, 0.29) is 12.5 Å². The zero-order valence-electron chi connectivity index (χ0n) is 10.9. The van der Waals surface area contributed by atoms with Gasteiger partial charge in [-0.1, -0.05) is 25.1 Å². The molecule has 1 aromatic heterocycles. The maximum absolute atomic E-state index is 11.5. The van der Waals surface area contributed by atoms with Crippen LogP contribution in [-0.2, 0) is 11.3 Å². The highest BCUT2D eigenvalue weighted by Gasteiger charge is 2.05. The Balaban J connectivity index is 1.90. The van der Waals surface area contributed by atoms with E-state index in [1.807, 2.05) is 37.3 Å². The van der Waals surface area contributed by atoms with Gasteiger partial charge < -0.3 is 10.1 Å². The van der Waals surface area contributed by atoms with Crippen molar-refractivity contribution >= 4 is 5.91 Å². The second-order valence-corrected chi connectivity index (χ2v) is 4.14. The molecule has 19 heavy (non-hydrogen) atoms. The monoisotopic (exact) mass is 259 g/mol. The van der Waals surface area contributed by atoms with Crippen molar-refractivity contribution in [3.05, 3.63) is 42.7 Å². The maximum atomic E-state index is 11.5. The molecular weight excluding hydrogens is 242 g/mol. The number of ether oxygens (including phenoxy) is 1. The lowest BCUT2D eigenvalue weighted by Gasteiger charge is -2.03. The number of benzene rings is 1. The standard InChI is InChI=1S/C14H17N3O2/c1-2-8-15-14(18)11-17-10-13(9-16-17)19-12-6-4-3-5-7-12/h3-7,9-10H,2,8,11H2,1H3,(H,15,18). The van der Waals surface area contributed by atoms with Crippen molar-refractivity contribution in [3.8, 4) is 11.5 Å². The van der Waals surface area contributed by atoms with E-state index >= 15 is 0 Å². The average molecular weight is 259 g/mol. The largest absolute Gasteiger partial charge is 0.454 e. The molecule has 0 saturated heterocycles. The highest BCUT2D eigenvalue weighted by Crippen LogP contribution is 2.19. The Morgan fingerprint density at radius 3 is 2.84 bits per heavy atom. The molecule has 2 rings (SSSR count). The first-order valence-corrected chi connectivity index (χ1v) is 6.30. The maximum Gasteiger partial charge on any atom is 0.241 e. The van der Waals surface area contributed by atoms with Crippen molar-refractivity contribution in [1.29, 1.82) is 0 Å². The molecule has 1 N–H and O–H groups in total. The minimum atomic E-state index is -0.0452. The lowest BCUT2D eigenvalue weighted by Crippen LogP contribution is -2.28. The van der Waals surface area contributed by atoms with E-state index in [2.05, 4.69) is 10.4 Å². The number of amides is 1. The second kappa shape index (κ2) is 6.58. The van der Waals surface area contributed by atoms with Crippen LogP contribution < -0.4 is 10.1 Å². The number of hydrogen-bond acceptors (Lipinski definition) is 3. The van der Waals surface area contributed by atoms with Gasteiger partial charge >= 0.3 is 0 Å². The Morgan fingerprint density at radius 2 is 2.11 bits per heavy atom. The Hall–Kier alpha value is -2.30. The van der Waals surface area contributed by atoms with Crippen LogP contribution in [0, 0.1) is 0 Å². The summed E-state index contributed by atoms with van der Waals surface area (Å²) < 4.78 is 7.17. The van der Waals surface area contributed by atoms with E-state index in [4.69, 9.17) is 4.74 Å². The Bertz CT molecular complexity index is 522. The van der Waals surface area contributed by atoms with Gasteiger partial charge in [0.15, 0.2) is 5.75 Å². The lowest BCUT2D eigenvalue weighted by molar-refractivity contribution is -0.121. The fraction of sp³-hybridized carbons (Fsp3) is 0.286. The van der Waals surface area contributed by atoms with Gasteiger partial charge in [-0.2, -0.15) is 5.10 Å². The Kier molecular flexibility index (Phi) is 4.55. The minimum Gasteiger partial charge on any atom is -0.454 e. The van der Waals surface area contributed by atoms with Gasteiger partial charge in [0, 0.05) is 6.54 Å². The molecule has 0 radical (unpaired) electrons. The van der Waals surface area contributed by atoms with Gasteiger partial charge in [0.05, 0.1) is 12.4 Å². The molecule has 0 fully saturated rings. The van der Waals surface area contributed by atoms with Crippen molar-refractivity contribution in [1.82, 2.24) is 15.1 Å². The predicted molar refractivity (Wildman–Crippen MR) is 72.0 cm³/mol. The molecule has 0 unspecified atom stereocenters. The molecule has 0 bridgehead atoms. The molecule has 100 valence electrons. The highest BCUT2D eigenvalue weighted by atomic mass is 16.5. The third kappa shape index (κ3) is 4.13. The van der Waals surface area contributed by atoms with Crippen molar-refractivity contribution in [2.24, 2.45) is 0 Å². The number of carbonyl (C=O) groups is 1. The molecule has 5 nitrogen and oxygen atoms in total. The molecule has 1 heterocycles. The molecule has 0 atom stereocenters. The molecule has 0 aliphatic heterocycles. The van der Waals surface area contributed by atoms with E-state index in [1.165, 1.54) is 0 Å². The molecule has 0 spiro atoms. The van der Waals surface area contributed by atoms with Crippen LogP contribution in [0.15, 0.2) is 42.7 Å². The number of para-hydroxylation sites is 1. The zero-order valence-corrected chi connectivity index (χ0v) is 10.9. The third-order valence-electron chi connectivity index (χ3n) is 2.47. The van der Waals surface area contributed by atoms with Gasteiger partial charge in [0.25, 0.3) is 0 Å². The first-order chi connectivity index (χ1) is 9.28. The summed E-state index contributed by atoms with van der Waals surface area (Å²) in [6, 6.07) is 9.46. The third-order valence-corrected chi connectivity index (χ3v) is 2.47. The van der Waals surface area contributed by atoms with Gasteiger partial charge in [-0.15, -0.1) is 0 Å². The van der Waals surface area contributed by atoms with Crippen molar-refractivity contribution in [2.75, 3.05) is 6.54 Å². The van der Waals surface area contributed by atoms with Gasteiger partial charge in [0.2, 0.25) is 5.91 Å². The first kappa shape index (κ1) is 13.1. The summed E-state index contributed by atoms with van der Waals surface area (Å²) in [6.45, 7) is 2.91. The summed E-state index contributed by atoms with van der Waals surface area (Å²) in [5.41, 5.74) is 0. The van der Waals surface area contributed by atoms with Crippen LogP contribution in [0.5, 0.6) is 11.5 Å². The number of aromatic nitrogens is 2. The Labute approximate surface area is 112 Å². The van der Waals surface area contributed by atoms with Crippen molar-refractivity contribution in [2.45, 2.75) is 19.9 Å². The van der Waals surface area contributed by atoms with Crippen LogP contribution in [-0.4, -0.2) is 22.2 Å². The highest BCUT2D eigenvalue weighted by molar-refractivity contribution is 5.75. The first-order valence-electron chi connectivity index (χ1n) is 6.30. The lowest BCUT2D eigenvalue weighted by atomic mass is 10.3. The molecule has 1 aromatic carbocycles. The number of hydrogen-bond donors (Lipinski definition) is 1. The summed E-state index contributed by atoms with van der Waals surface area (Å²) in [6.07, 6.45) is 4.23. The molecular formula is C14H17N3O2. The number of nitrogens with zero attached hydrogens (tertiary/aromatic N) is 2. The van der Waals surface area contributed by atoms with Crippen LogP contribution >= 0.6 is 0 Å². The van der Waals surface area contributed by atoms with E-state index in [9.17, 15) is 4.79 Å². The molecule has 0 saturated carbocycles. The molecule has 1 amide bonds. The van der Waals surface area contributed by atoms with E-state index < -0.39 is 0 Å². The fourth-order valence-electron chi connectivity index (χ4n) is 1.58. The molecule has 5 heteroatoms. The van der Waals surface area contributed by atoms with Crippen LogP contribution in [0.4, 0.5) is 0 Å². The van der Waals surface area contributed by atoms with E-state index in [0.717, 1.165) is 12.2 Å².